The molecule has 0 aliphatic heterocycles. The molecule has 0 aromatic rings. The number of nitrogens with zero attached hydrogens (tertiary/aromatic N) is 1. The Balaban J connectivity index is 1.95. The van der Waals surface area contributed by atoms with Gasteiger partial charge in [-0.2, -0.15) is 0 Å². The smallest absolute Gasteiger partial charge is 0.108 e. The van der Waals surface area contributed by atoms with Gasteiger partial charge in [0.2, 0.25) is 0 Å². The molecule has 4 heteroatoms. The van der Waals surface area contributed by atoms with Gasteiger partial charge in [-0.1, -0.05) is 53.6 Å². The second-order valence-corrected chi connectivity index (χ2v) is 9.06. The van der Waals surface area contributed by atoms with Crippen LogP contribution in [-0.4, -0.2) is 34.8 Å². The van der Waals surface area contributed by atoms with Gasteiger partial charge in [-0.25, -0.2) is 0 Å². The van der Waals surface area contributed by atoms with Crippen LogP contribution in [0.5, 0.6) is 0 Å². The molecule has 0 aromatic heterocycles. The second-order valence-electron chi connectivity index (χ2n) is 7.76. The molecule has 0 saturated heterocycles. The maximum absolute atomic E-state index is 10.2. The largest absolute Gasteiger partial charge is 0.389 e. The second kappa shape index (κ2) is 9.28. The molecular formula is C22H29BBrNO. The van der Waals surface area contributed by atoms with Gasteiger partial charge < -0.3 is 10.0 Å². The summed E-state index contributed by atoms with van der Waals surface area (Å²) in [7, 11) is 6.04. The van der Waals surface area contributed by atoms with Crippen molar-refractivity contribution in [1.82, 2.24) is 4.90 Å². The van der Waals surface area contributed by atoms with Gasteiger partial charge in [0.1, 0.15) is 7.85 Å². The topological polar surface area (TPSA) is 23.5 Å². The van der Waals surface area contributed by atoms with Gasteiger partial charge >= 0.3 is 0 Å². The fraction of sp³-hybridized carbons (Fsp3) is 0.545. The molecule has 0 bridgehead atoms. The van der Waals surface area contributed by atoms with Gasteiger partial charge in [0, 0.05) is 22.3 Å². The first-order chi connectivity index (χ1) is 12.5. The summed E-state index contributed by atoms with van der Waals surface area (Å²) in [6.45, 7) is 2.11. The van der Waals surface area contributed by atoms with Crippen LogP contribution in [0.15, 0.2) is 59.4 Å². The molecule has 2 radical (unpaired) electrons. The number of hydrogen-bond donors (Lipinski definition) is 1. The van der Waals surface area contributed by atoms with Gasteiger partial charge in [-0.05, 0) is 62.7 Å². The number of aliphatic hydroxyl groups is 1. The van der Waals surface area contributed by atoms with E-state index in [2.05, 4.69) is 58.1 Å². The van der Waals surface area contributed by atoms with Gasteiger partial charge in [-0.3, -0.25) is 0 Å². The maximum atomic E-state index is 10.2. The molecule has 1 saturated carbocycles. The molecule has 0 spiro atoms. The summed E-state index contributed by atoms with van der Waals surface area (Å²) in [5, 5.41) is 10.2. The SMILES string of the molecule is [B]C1=CC=C(N(C2=CCC(C)C(O)C=C2)C2CCCC(Br)CC2)C=CC1. The highest BCUT2D eigenvalue weighted by Gasteiger charge is 2.27. The van der Waals surface area contributed by atoms with Crippen LogP contribution >= 0.6 is 15.9 Å². The van der Waals surface area contributed by atoms with Crippen LogP contribution in [0.4, 0.5) is 0 Å². The zero-order chi connectivity index (χ0) is 18.5. The summed E-state index contributed by atoms with van der Waals surface area (Å²) < 4.78 is 0. The molecule has 3 aliphatic carbocycles. The van der Waals surface area contributed by atoms with E-state index in [0.29, 0.717) is 10.9 Å². The minimum absolute atomic E-state index is 0.251. The Morgan fingerprint density at radius 2 is 1.96 bits per heavy atom. The third kappa shape index (κ3) is 5.04. The van der Waals surface area contributed by atoms with E-state index in [4.69, 9.17) is 7.85 Å². The predicted molar refractivity (Wildman–Crippen MR) is 114 cm³/mol. The number of aliphatic hydroxyl groups excluding tert-OH is 1. The predicted octanol–water partition coefficient (Wildman–Crippen LogP) is 5.12. The zero-order valence-corrected chi connectivity index (χ0v) is 17.2. The Morgan fingerprint density at radius 1 is 1.12 bits per heavy atom. The molecule has 138 valence electrons. The van der Waals surface area contributed by atoms with E-state index in [1.54, 1.807) is 0 Å². The lowest BCUT2D eigenvalue weighted by Crippen LogP contribution is -2.33. The van der Waals surface area contributed by atoms with Crippen molar-refractivity contribution in [2.45, 2.75) is 68.8 Å². The van der Waals surface area contributed by atoms with E-state index in [-0.39, 0.29) is 12.0 Å². The van der Waals surface area contributed by atoms with Crippen LogP contribution in [0.25, 0.3) is 0 Å². The number of allylic oxidation sites excluding steroid dienone is 7. The van der Waals surface area contributed by atoms with Crippen LogP contribution in [-0.2, 0) is 0 Å². The van der Waals surface area contributed by atoms with Crippen molar-refractivity contribution >= 4 is 23.8 Å². The third-order valence-electron chi connectivity index (χ3n) is 5.65. The van der Waals surface area contributed by atoms with Crippen molar-refractivity contribution < 1.29 is 5.11 Å². The van der Waals surface area contributed by atoms with E-state index in [1.165, 1.54) is 43.5 Å². The molecule has 2 nitrogen and oxygen atoms in total. The van der Waals surface area contributed by atoms with Crippen LogP contribution < -0.4 is 0 Å². The highest BCUT2D eigenvalue weighted by molar-refractivity contribution is 9.09. The molecule has 4 unspecified atom stereocenters. The first kappa shape index (κ1) is 19.8. The molecule has 1 N–H and O–H groups in total. The van der Waals surface area contributed by atoms with Crippen molar-refractivity contribution in [3.8, 4) is 0 Å². The Morgan fingerprint density at radius 3 is 2.81 bits per heavy atom. The van der Waals surface area contributed by atoms with Crippen molar-refractivity contribution in [2.24, 2.45) is 5.92 Å². The summed E-state index contributed by atoms with van der Waals surface area (Å²) >= 11 is 3.82. The lowest BCUT2D eigenvalue weighted by Gasteiger charge is -2.35. The Labute approximate surface area is 168 Å². The van der Waals surface area contributed by atoms with Crippen molar-refractivity contribution in [2.75, 3.05) is 0 Å². The third-order valence-corrected chi connectivity index (χ3v) is 6.56. The molecule has 0 heterocycles. The lowest BCUT2D eigenvalue weighted by atomic mass is 9.93. The molecule has 3 aliphatic rings. The van der Waals surface area contributed by atoms with E-state index >= 15 is 0 Å². The molecule has 4 atom stereocenters. The monoisotopic (exact) mass is 413 g/mol. The summed E-state index contributed by atoms with van der Waals surface area (Å²) in [5.41, 5.74) is 3.30. The van der Waals surface area contributed by atoms with Crippen molar-refractivity contribution in [1.29, 1.82) is 0 Å². The summed E-state index contributed by atoms with van der Waals surface area (Å²) in [6, 6.07) is 0.475. The van der Waals surface area contributed by atoms with Crippen molar-refractivity contribution in [3.63, 3.8) is 0 Å². The number of halogens is 1. The minimum Gasteiger partial charge on any atom is -0.389 e. The number of rotatable bonds is 3. The Bertz CT molecular complexity index is 649. The normalized spacial score (nSPS) is 32.7. The van der Waals surface area contributed by atoms with E-state index in [1.807, 2.05) is 12.2 Å². The van der Waals surface area contributed by atoms with E-state index < -0.39 is 0 Å². The molecular weight excluding hydrogens is 385 g/mol. The van der Waals surface area contributed by atoms with Crippen LogP contribution in [0.3, 0.4) is 0 Å². The van der Waals surface area contributed by atoms with Crippen LogP contribution in [0.2, 0.25) is 0 Å². The molecule has 26 heavy (non-hydrogen) atoms. The van der Waals surface area contributed by atoms with Crippen LogP contribution in [0.1, 0.15) is 51.9 Å². The van der Waals surface area contributed by atoms with Gasteiger partial charge in [0.25, 0.3) is 0 Å². The van der Waals surface area contributed by atoms with Crippen molar-refractivity contribution in [3.05, 3.63) is 59.4 Å². The van der Waals surface area contributed by atoms with E-state index in [9.17, 15) is 5.11 Å². The lowest BCUT2D eigenvalue weighted by molar-refractivity contribution is 0.164. The molecule has 1 fully saturated rings. The van der Waals surface area contributed by atoms with E-state index in [0.717, 1.165) is 18.3 Å². The average molecular weight is 414 g/mol. The molecule has 0 amide bonds. The van der Waals surface area contributed by atoms with Gasteiger partial charge in [0.15, 0.2) is 0 Å². The van der Waals surface area contributed by atoms with Gasteiger partial charge in [0.05, 0.1) is 6.10 Å². The first-order valence-corrected chi connectivity index (χ1v) is 10.8. The van der Waals surface area contributed by atoms with Gasteiger partial charge in [-0.15, -0.1) is 5.47 Å². The maximum Gasteiger partial charge on any atom is 0.108 e. The zero-order valence-electron chi connectivity index (χ0n) is 15.7. The summed E-state index contributed by atoms with van der Waals surface area (Å²) in [5.74, 6) is 0.251. The summed E-state index contributed by atoms with van der Waals surface area (Å²) in [4.78, 5) is 3.11. The molecule has 0 aromatic carbocycles. The highest BCUT2D eigenvalue weighted by atomic mass is 79.9. The quantitative estimate of drug-likeness (QED) is 0.394. The molecule has 3 rings (SSSR count). The fourth-order valence-corrected chi connectivity index (χ4v) is 4.53. The Hall–Kier alpha value is -0.995. The summed E-state index contributed by atoms with van der Waals surface area (Å²) in [6.07, 6.45) is 22.2. The van der Waals surface area contributed by atoms with Crippen LogP contribution in [0, 0.1) is 5.92 Å². The fourth-order valence-electron chi connectivity index (χ4n) is 3.94. The standard InChI is InChI=1S/C22H29BBrNO/c1-16-8-11-21(14-15-22(16)26)25(19-6-2-4-17(23)9-12-19)20-7-3-5-18(24)10-13-20/h2,6,9,11-12,14-16,18,20,22,26H,3-5,7-8,10,13H2,1H3. The number of alkyl halides is 1. The first-order valence-electron chi connectivity index (χ1n) is 9.87. The Kier molecular flexibility index (Phi) is 7.05. The number of hydrogen-bond acceptors (Lipinski definition) is 2. The highest BCUT2D eigenvalue weighted by Crippen LogP contribution is 2.33. The minimum atomic E-state index is -0.374. The average Bonchev–Trinajstić information content (AvgIpc) is 3.03.